The SMILES string of the molecule is CC(C)COc1ncc(C(=O)N2CCOC(C(=O)O)C2)cc1Cl. The summed E-state index contributed by atoms with van der Waals surface area (Å²) in [5.41, 5.74) is 0.290. The lowest BCUT2D eigenvalue weighted by atomic mass is 10.2. The van der Waals surface area contributed by atoms with Crippen LogP contribution < -0.4 is 4.74 Å². The summed E-state index contributed by atoms with van der Waals surface area (Å²) in [4.78, 5) is 28.9. The molecule has 0 bridgehead atoms. The summed E-state index contributed by atoms with van der Waals surface area (Å²) in [6.45, 7) is 4.98. The Bertz CT molecular complexity index is 593. The van der Waals surface area contributed by atoms with Crippen LogP contribution in [-0.2, 0) is 9.53 Å². The van der Waals surface area contributed by atoms with E-state index in [-0.39, 0.29) is 35.5 Å². The van der Waals surface area contributed by atoms with Gasteiger partial charge >= 0.3 is 5.97 Å². The van der Waals surface area contributed by atoms with Gasteiger partial charge in [-0.1, -0.05) is 25.4 Å². The molecule has 0 saturated carbocycles. The van der Waals surface area contributed by atoms with Crippen LogP contribution in [0.25, 0.3) is 0 Å². The van der Waals surface area contributed by atoms with Crippen LogP contribution in [0.3, 0.4) is 0 Å². The number of aromatic nitrogens is 1. The third-order valence-electron chi connectivity index (χ3n) is 3.24. The molecular weight excluding hydrogens is 324 g/mol. The number of carboxylic acid groups (broad SMARTS) is 1. The Kier molecular flexibility index (Phi) is 5.79. The van der Waals surface area contributed by atoms with Crippen LogP contribution in [-0.4, -0.2) is 59.3 Å². The fourth-order valence-electron chi connectivity index (χ4n) is 2.06. The van der Waals surface area contributed by atoms with Gasteiger partial charge in [-0.15, -0.1) is 0 Å². The highest BCUT2D eigenvalue weighted by atomic mass is 35.5. The van der Waals surface area contributed by atoms with Gasteiger partial charge in [0.05, 0.1) is 25.3 Å². The van der Waals surface area contributed by atoms with Gasteiger partial charge < -0.3 is 19.5 Å². The minimum absolute atomic E-state index is 0.00259. The van der Waals surface area contributed by atoms with Crippen molar-refractivity contribution in [1.82, 2.24) is 9.88 Å². The minimum Gasteiger partial charge on any atom is -0.479 e. The number of carbonyl (C=O) groups excluding carboxylic acids is 1. The monoisotopic (exact) mass is 342 g/mol. The van der Waals surface area contributed by atoms with Gasteiger partial charge in [-0.3, -0.25) is 4.79 Å². The van der Waals surface area contributed by atoms with E-state index >= 15 is 0 Å². The number of hydrogen-bond donors (Lipinski definition) is 1. The smallest absolute Gasteiger partial charge is 0.334 e. The Morgan fingerprint density at radius 1 is 1.57 bits per heavy atom. The number of morpholine rings is 1. The highest BCUT2D eigenvalue weighted by molar-refractivity contribution is 6.32. The number of pyridine rings is 1. The lowest BCUT2D eigenvalue weighted by Crippen LogP contribution is -2.48. The summed E-state index contributed by atoms with van der Waals surface area (Å²) < 4.78 is 10.6. The molecule has 1 atom stereocenters. The molecule has 1 amide bonds. The Morgan fingerprint density at radius 3 is 2.91 bits per heavy atom. The Balaban J connectivity index is 2.07. The highest BCUT2D eigenvalue weighted by Gasteiger charge is 2.29. The first kappa shape index (κ1) is 17.5. The molecule has 1 aliphatic rings. The summed E-state index contributed by atoms with van der Waals surface area (Å²) in [7, 11) is 0. The Hall–Kier alpha value is -1.86. The van der Waals surface area contributed by atoms with Gasteiger partial charge in [-0.25, -0.2) is 9.78 Å². The van der Waals surface area contributed by atoms with E-state index in [0.717, 1.165) is 0 Å². The van der Waals surface area contributed by atoms with Crippen molar-refractivity contribution < 1.29 is 24.2 Å². The lowest BCUT2D eigenvalue weighted by Gasteiger charge is -2.30. The van der Waals surface area contributed by atoms with E-state index in [0.29, 0.717) is 19.1 Å². The molecule has 23 heavy (non-hydrogen) atoms. The highest BCUT2D eigenvalue weighted by Crippen LogP contribution is 2.24. The van der Waals surface area contributed by atoms with Crippen molar-refractivity contribution in [1.29, 1.82) is 0 Å². The zero-order chi connectivity index (χ0) is 17.0. The first-order valence-electron chi connectivity index (χ1n) is 7.30. The quantitative estimate of drug-likeness (QED) is 0.876. The minimum atomic E-state index is -1.09. The van der Waals surface area contributed by atoms with Gasteiger partial charge in [-0.2, -0.15) is 0 Å². The second-order valence-electron chi connectivity index (χ2n) is 5.66. The van der Waals surface area contributed by atoms with Crippen LogP contribution in [0.1, 0.15) is 24.2 Å². The molecule has 1 fully saturated rings. The van der Waals surface area contributed by atoms with Gasteiger partial charge in [0.1, 0.15) is 5.02 Å². The summed E-state index contributed by atoms with van der Waals surface area (Å²) in [5.74, 6) is -0.807. The van der Waals surface area contributed by atoms with E-state index < -0.39 is 12.1 Å². The summed E-state index contributed by atoms with van der Waals surface area (Å²) in [5, 5.41) is 9.23. The topological polar surface area (TPSA) is 89.0 Å². The molecule has 1 N–H and O–H groups in total. The molecule has 1 unspecified atom stereocenters. The van der Waals surface area contributed by atoms with Crippen molar-refractivity contribution in [3.8, 4) is 5.88 Å². The number of carboxylic acids is 1. The third kappa shape index (κ3) is 4.56. The average Bonchev–Trinajstić information content (AvgIpc) is 2.53. The van der Waals surface area contributed by atoms with Crippen LogP contribution in [0.15, 0.2) is 12.3 Å². The van der Waals surface area contributed by atoms with E-state index in [4.69, 9.17) is 26.2 Å². The molecule has 1 aromatic rings. The maximum absolute atomic E-state index is 12.4. The van der Waals surface area contributed by atoms with Gasteiger partial charge in [0.25, 0.3) is 5.91 Å². The summed E-state index contributed by atoms with van der Waals surface area (Å²) >= 11 is 6.10. The first-order chi connectivity index (χ1) is 10.9. The fraction of sp³-hybridized carbons (Fsp3) is 0.533. The number of rotatable bonds is 5. The molecule has 1 aliphatic heterocycles. The Labute approximate surface area is 139 Å². The zero-order valence-corrected chi connectivity index (χ0v) is 13.7. The number of ether oxygens (including phenoxy) is 2. The molecule has 126 valence electrons. The third-order valence-corrected chi connectivity index (χ3v) is 3.51. The standard InChI is InChI=1S/C15H19ClN2O5/c1-9(2)8-23-13-11(16)5-10(6-17-13)14(19)18-3-4-22-12(7-18)15(20)21/h5-6,9,12H,3-4,7-8H2,1-2H3,(H,20,21). The molecule has 1 aromatic heterocycles. The molecule has 0 aromatic carbocycles. The van der Waals surface area contributed by atoms with E-state index in [1.165, 1.54) is 17.2 Å². The molecule has 7 nitrogen and oxygen atoms in total. The van der Waals surface area contributed by atoms with E-state index in [9.17, 15) is 9.59 Å². The normalized spacial score (nSPS) is 18.1. The van der Waals surface area contributed by atoms with Gasteiger partial charge in [0, 0.05) is 12.7 Å². The van der Waals surface area contributed by atoms with Crippen LogP contribution in [0.4, 0.5) is 0 Å². The largest absolute Gasteiger partial charge is 0.479 e. The lowest BCUT2D eigenvalue weighted by molar-refractivity contribution is -0.154. The predicted molar refractivity (Wildman–Crippen MR) is 82.9 cm³/mol. The van der Waals surface area contributed by atoms with Gasteiger partial charge in [0.2, 0.25) is 5.88 Å². The maximum atomic E-state index is 12.4. The van der Waals surface area contributed by atoms with Crippen LogP contribution in [0, 0.1) is 5.92 Å². The molecule has 2 rings (SSSR count). The summed E-state index contributed by atoms with van der Waals surface area (Å²) in [6.07, 6.45) is 0.375. The van der Waals surface area contributed by atoms with Gasteiger partial charge in [0.15, 0.2) is 6.10 Å². The molecule has 8 heteroatoms. The molecule has 0 aliphatic carbocycles. The molecule has 2 heterocycles. The van der Waals surface area contributed by atoms with Crippen LogP contribution in [0.2, 0.25) is 5.02 Å². The molecule has 0 radical (unpaired) electrons. The first-order valence-corrected chi connectivity index (χ1v) is 7.68. The maximum Gasteiger partial charge on any atom is 0.334 e. The molecule has 1 saturated heterocycles. The van der Waals surface area contributed by atoms with Gasteiger partial charge in [-0.05, 0) is 12.0 Å². The predicted octanol–water partition coefficient (Wildman–Crippen LogP) is 1.70. The fourth-order valence-corrected chi connectivity index (χ4v) is 2.28. The second-order valence-corrected chi connectivity index (χ2v) is 6.07. The second kappa shape index (κ2) is 7.61. The van der Waals surface area contributed by atoms with Crippen molar-refractivity contribution in [2.24, 2.45) is 5.92 Å². The van der Waals surface area contributed by atoms with Crippen molar-refractivity contribution >= 4 is 23.5 Å². The van der Waals surface area contributed by atoms with Crippen molar-refractivity contribution in [2.45, 2.75) is 20.0 Å². The van der Waals surface area contributed by atoms with E-state index in [1.54, 1.807) is 0 Å². The van der Waals surface area contributed by atoms with E-state index in [1.807, 2.05) is 13.8 Å². The average molecular weight is 343 g/mol. The zero-order valence-electron chi connectivity index (χ0n) is 13.0. The number of hydrogen-bond acceptors (Lipinski definition) is 5. The van der Waals surface area contributed by atoms with Crippen LogP contribution in [0.5, 0.6) is 5.88 Å². The van der Waals surface area contributed by atoms with E-state index in [2.05, 4.69) is 4.98 Å². The van der Waals surface area contributed by atoms with Crippen molar-refractivity contribution in [3.05, 3.63) is 22.8 Å². The number of nitrogens with zero attached hydrogens (tertiary/aromatic N) is 2. The number of halogens is 1. The number of carbonyl (C=O) groups is 2. The molecule has 0 spiro atoms. The van der Waals surface area contributed by atoms with Crippen molar-refractivity contribution in [2.75, 3.05) is 26.3 Å². The number of aliphatic carboxylic acids is 1. The summed E-state index contributed by atoms with van der Waals surface area (Å²) in [6, 6.07) is 1.48. The van der Waals surface area contributed by atoms with Crippen LogP contribution >= 0.6 is 11.6 Å². The molecular formula is C15H19ClN2O5. The Morgan fingerprint density at radius 2 is 2.30 bits per heavy atom. The number of amides is 1. The van der Waals surface area contributed by atoms with Crippen molar-refractivity contribution in [3.63, 3.8) is 0 Å².